The Morgan fingerprint density at radius 3 is 2.31 bits per heavy atom. The Morgan fingerprint density at radius 2 is 1.72 bits per heavy atom. The molecule has 0 aliphatic rings. The third-order valence-electron chi connectivity index (χ3n) is 4.66. The van der Waals surface area contributed by atoms with E-state index in [-0.39, 0.29) is 11.5 Å². The largest absolute Gasteiger partial charge is 0.490 e. The molecule has 0 unspecified atom stereocenters. The fraction of sp³-hybridized carbons (Fsp3) is 0.364. The van der Waals surface area contributed by atoms with Crippen LogP contribution in [-0.4, -0.2) is 39.4 Å². The molecule has 0 aliphatic carbocycles. The molecule has 1 heterocycles. The SMILES string of the molecule is CCOc1cc(Br)c([C@H](C[N+](=O)[O-])Sc2nnc(C)n2-c2ccc(C)cc2)cc1OCC. The third-order valence-corrected chi connectivity index (χ3v) is 6.51. The zero-order chi connectivity index (χ0) is 23.3. The first-order valence-corrected chi connectivity index (χ1v) is 11.9. The number of nitro groups is 1. The molecular formula is C22H25BrN4O4S. The molecule has 1 aromatic heterocycles. The molecule has 0 amide bonds. The van der Waals surface area contributed by atoms with Crippen LogP contribution in [0.3, 0.4) is 0 Å². The van der Waals surface area contributed by atoms with Gasteiger partial charge in [-0.3, -0.25) is 14.7 Å². The fourth-order valence-electron chi connectivity index (χ4n) is 3.21. The molecule has 32 heavy (non-hydrogen) atoms. The van der Waals surface area contributed by atoms with Crippen LogP contribution in [0.25, 0.3) is 5.69 Å². The standard InChI is InChI=1S/C22H25BrN4O4S/c1-5-30-19-11-17(18(23)12-20(19)31-6-2)21(13-26(28)29)32-22-25-24-15(4)27(22)16-9-7-14(3)8-10-16/h7-12,21H,5-6,13H2,1-4H3/t21-/m0/s1. The van der Waals surface area contributed by atoms with Gasteiger partial charge < -0.3 is 9.47 Å². The predicted octanol–water partition coefficient (Wildman–Crippen LogP) is 5.55. The summed E-state index contributed by atoms with van der Waals surface area (Å²) in [5.74, 6) is 1.85. The summed E-state index contributed by atoms with van der Waals surface area (Å²) in [5.41, 5.74) is 2.78. The van der Waals surface area contributed by atoms with E-state index >= 15 is 0 Å². The fourth-order valence-corrected chi connectivity index (χ4v) is 5.16. The molecule has 0 saturated heterocycles. The zero-order valence-electron chi connectivity index (χ0n) is 18.4. The molecule has 0 aliphatic heterocycles. The van der Waals surface area contributed by atoms with Crippen molar-refractivity contribution in [1.82, 2.24) is 14.8 Å². The average Bonchev–Trinajstić information content (AvgIpc) is 3.10. The summed E-state index contributed by atoms with van der Waals surface area (Å²) >= 11 is 4.87. The van der Waals surface area contributed by atoms with Crippen LogP contribution in [0.5, 0.6) is 11.5 Å². The van der Waals surface area contributed by atoms with Gasteiger partial charge in [-0.05, 0) is 57.5 Å². The van der Waals surface area contributed by atoms with E-state index in [0.717, 1.165) is 16.8 Å². The molecule has 0 radical (unpaired) electrons. The van der Waals surface area contributed by atoms with Crippen LogP contribution < -0.4 is 9.47 Å². The quantitative estimate of drug-likeness (QED) is 0.196. The van der Waals surface area contributed by atoms with Crippen molar-refractivity contribution in [3.8, 4) is 17.2 Å². The summed E-state index contributed by atoms with van der Waals surface area (Å²) in [6, 6.07) is 11.6. The monoisotopic (exact) mass is 520 g/mol. The van der Waals surface area contributed by atoms with Gasteiger partial charge in [-0.1, -0.05) is 45.4 Å². The molecule has 3 rings (SSSR count). The highest BCUT2D eigenvalue weighted by atomic mass is 79.9. The zero-order valence-corrected chi connectivity index (χ0v) is 20.8. The predicted molar refractivity (Wildman–Crippen MR) is 128 cm³/mol. The van der Waals surface area contributed by atoms with Crippen molar-refractivity contribution >= 4 is 27.7 Å². The normalized spacial score (nSPS) is 11.9. The molecule has 2 aromatic carbocycles. The first-order chi connectivity index (χ1) is 15.3. The summed E-state index contributed by atoms with van der Waals surface area (Å²) in [6.45, 7) is 8.30. The number of hydrogen-bond acceptors (Lipinski definition) is 7. The van der Waals surface area contributed by atoms with Crippen molar-refractivity contribution in [3.05, 3.63) is 67.9 Å². The number of halogens is 1. The maximum atomic E-state index is 11.5. The third kappa shape index (κ3) is 5.60. The minimum atomic E-state index is -0.526. The van der Waals surface area contributed by atoms with Crippen LogP contribution in [0.4, 0.5) is 0 Å². The highest BCUT2D eigenvalue weighted by Gasteiger charge is 2.27. The van der Waals surface area contributed by atoms with Crippen LogP contribution in [-0.2, 0) is 0 Å². The maximum Gasteiger partial charge on any atom is 0.220 e. The topological polar surface area (TPSA) is 92.3 Å². The van der Waals surface area contributed by atoms with Crippen molar-refractivity contribution in [1.29, 1.82) is 0 Å². The van der Waals surface area contributed by atoms with Gasteiger partial charge in [-0.2, -0.15) is 0 Å². The van der Waals surface area contributed by atoms with Crippen molar-refractivity contribution in [2.45, 2.75) is 38.1 Å². The summed E-state index contributed by atoms with van der Waals surface area (Å²) in [5, 5.41) is 20.1. The maximum absolute atomic E-state index is 11.5. The van der Waals surface area contributed by atoms with Crippen molar-refractivity contribution in [2.75, 3.05) is 19.8 Å². The van der Waals surface area contributed by atoms with Crippen LogP contribution in [0.2, 0.25) is 0 Å². The molecule has 170 valence electrons. The van der Waals surface area contributed by atoms with Gasteiger partial charge in [0, 0.05) is 15.1 Å². The lowest BCUT2D eigenvalue weighted by Gasteiger charge is -2.19. The second-order valence-corrected chi connectivity index (χ2v) is 9.03. The Hall–Kier alpha value is -2.59. The second kappa shape index (κ2) is 10.8. The van der Waals surface area contributed by atoms with Crippen molar-refractivity contribution < 1.29 is 14.4 Å². The molecular weight excluding hydrogens is 496 g/mol. The van der Waals surface area contributed by atoms with Gasteiger partial charge in [-0.15, -0.1) is 10.2 Å². The average molecular weight is 521 g/mol. The molecule has 1 atom stereocenters. The highest BCUT2D eigenvalue weighted by molar-refractivity contribution is 9.10. The molecule has 8 nitrogen and oxygen atoms in total. The first-order valence-electron chi connectivity index (χ1n) is 10.2. The number of hydrogen-bond donors (Lipinski definition) is 0. The summed E-state index contributed by atoms with van der Waals surface area (Å²) < 4.78 is 14.0. The Morgan fingerprint density at radius 1 is 1.09 bits per heavy atom. The van der Waals surface area contributed by atoms with E-state index in [2.05, 4.69) is 26.1 Å². The lowest BCUT2D eigenvalue weighted by atomic mass is 10.1. The molecule has 3 aromatic rings. The lowest BCUT2D eigenvalue weighted by Crippen LogP contribution is -2.12. The minimum absolute atomic E-state index is 0.289. The van der Waals surface area contributed by atoms with Gasteiger partial charge in [0.15, 0.2) is 16.7 Å². The van der Waals surface area contributed by atoms with Crippen LogP contribution >= 0.6 is 27.7 Å². The Bertz CT molecular complexity index is 1090. The van der Waals surface area contributed by atoms with Gasteiger partial charge in [0.1, 0.15) is 11.1 Å². The molecule has 0 saturated carbocycles. The number of aromatic nitrogens is 3. The van der Waals surface area contributed by atoms with Crippen LogP contribution in [0.1, 0.15) is 36.0 Å². The van der Waals surface area contributed by atoms with E-state index in [0.29, 0.717) is 40.2 Å². The van der Waals surface area contributed by atoms with E-state index in [1.807, 2.05) is 56.5 Å². The van der Waals surface area contributed by atoms with E-state index in [9.17, 15) is 10.1 Å². The van der Waals surface area contributed by atoms with Gasteiger partial charge >= 0.3 is 0 Å². The second-order valence-electron chi connectivity index (χ2n) is 7.01. The Kier molecular flexibility index (Phi) is 8.14. The van der Waals surface area contributed by atoms with E-state index < -0.39 is 5.25 Å². The minimum Gasteiger partial charge on any atom is -0.490 e. The summed E-state index contributed by atoms with van der Waals surface area (Å²) in [7, 11) is 0. The number of thioether (sulfide) groups is 1. The van der Waals surface area contributed by atoms with Crippen LogP contribution in [0.15, 0.2) is 46.0 Å². The highest BCUT2D eigenvalue weighted by Crippen LogP contribution is 2.43. The number of nitrogens with zero attached hydrogens (tertiary/aromatic N) is 4. The number of ether oxygens (including phenoxy) is 2. The molecule has 10 heteroatoms. The molecule has 0 spiro atoms. The van der Waals surface area contributed by atoms with Gasteiger partial charge in [0.25, 0.3) is 0 Å². The summed E-state index contributed by atoms with van der Waals surface area (Å²) in [6.07, 6.45) is 0. The smallest absolute Gasteiger partial charge is 0.220 e. The van der Waals surface area contributed by atoms with Gasteiger partial charge in [0.05, 0.1) is 13.2 Å². The summed E-state index contributed by atoms with van der Waals surface area (Å²) in [4.78, 5) is 11.2. The Labute approximate surface area is 199 Å². The lowest BCUT2D eigenvalue weighted by molar-refractivity contribution is -0.479. The van der Waals surface area contributed by atoms with Gasteiger partial charge in [0.2, 0.25) is 6.54 Å². The number of rotatable bonds is 10. The first kappa shape index (κ1) is 24.1. The van der Waals surface area contributed by atoms with E-state index in [1.54, 1.807) is 12.1 Å². The molecule has 0 fully saturated rings. The Balaban J connectivity index is 2.03. The number of aryl methyl sites for hydroxylation is 2. The number of benzene rings is 2. The van der Waals surface area contributed by atoms with Crippen molar-refractivity contribution in [2.24, 2.45) is 0 Å². The van der Waals surface area contributed by atoms with Crippen LogP contribution in [0, 0.1) is 24.0 Å². The van der Waals surface area contributed by atoms with E-state index in [4.69, 9.17) is 9.47 Å². The van der Waals surface area contributed by atoms with Gasteiger partial charge in [-0.25, -0.2) is 0 Å². The van der Waals surface area contributed by atoms with Crippen molar-refractivity contribution in [3.63, 3.8) is 0 Å². The molecule has 0 N–H and O–H groups in total. The van der Waals surface area contributed by atoms with E-state index in [1.165, 1.54) is 11.8 Å². The molecule has 0 bridgehead atoms.